The number of carbonyl (C=O) groups excluding carboxylic acids is 1. The number of carbonyl (C=O) groups is 1. The van der Waals surface area contributed by atoms with Gasteiger partial charge in [0.1, 0.15) is 24.2 Å². The first kappa shape index (κ1) is 32.9. The van der Waals surface area contributed by atoms with E-state index in [0.717, 1.165) is 70.6 Å². The molecule has 0 spiro atoms. The number of likely N-dealkylation sites (tertiary alicyclic amines) is 1. The van der Waals surface area contributed by atoms with Crippen molar-refractivity contribution in [2.75, 3.05) is 56.2 Å². The first-order chi connectivity index (χ1) is 23.9. The third-order valence-electron chi connectivity index (χ3n) is 10.0. The molecule has 2 saturated heterocycles. The molecule has 2 fully saturated rings. The molecule has 2 atom stereocenters. The van der Waals surface area contributed by atoms with Crippen LogP contribution in [0.15, 0.2) is 54.7 Å². The molecule has 0 bridgehead atoms. The SMILES string of the molecule is Cc1cccc2c(Cl)ncc(N3CCc4c(nc(OC[C@@H]5CCCN5C)nc4N4CCN(C(=O)OCc5ccccc5)C(CC#N)C4)C3)c12. The monoisotopic (exact) mass is 680 g/mol. The van der Waals surface area contributed by atoms with Crippen LogP contribution in [0.4, 0.5) is 16.3 Å². The van der Waals surface area contributed by atoms with E-state index in [0.29, 0.717) is 56.4 Å². The van der Waals surface area contributed by atoms with E-state index in [1.54, 1.807) is 4.90 Å². The summed E-state index contributed by atoms with van der Waals surface area (Å²) < 4.78 is 12.0. The summed E-state index contributed by atoms with van der Waals surface area (Å²) in [6.45, 7) is 6.58. The lowest BCUT2D eigenvalue weighted by molar-refractivity contribution is 0.0767. The standard InChI is InChI=1S/C37H41ClN8O3/c1-25-8-6-12-30-33(25)32(20-40-34(30)38)44-17-14-29-31(22-44)41-36(48-24-28-11-7-16-43(28)2)42-35(29)45-18-19-46(27(21-45)13-15-39)37(47)49-23-26-9-4-3-5-10-26/h3-6,8-10,12,20,27-28H,7,11,13-14,16-19,21-24H2,1-2H3/t27?,28-/m0/s1. The van der Waals surface area contributed by atoms with Gasteiger partial charge in [0.25, 0.3) is 0 Å². The summed E-state index contributed by atoms with van der Waals surface area (Å²) >= 11 is 6.53. The Hall–Kier alpha value is -4.66. The van der Waals surface area contributed by atoms with Gasteiger partial charge in [-0.3, -0.25) is 0 Å². The number of benzene rings is 2. The van der Waals surface area contributed by atoms with Gasteiger partial charge < -0.3 is 29.1 Å². The molecule has 2 aromatic heterocycles. The van der Waals surface area contributed by atoms with E-state index in [2.05, 4.69) is 45.8 Å². The smallest absolute Gasteiger partial charge is 0.410 e. The summed E-state index contributed by atoms with van der Waals surface area (Å²) in [7, 11) is 2.13. The molecule has 1 unspecified atom stereocenters. The summed E-state index contributed by atoms with van der Waals surface area (Å²) in [6.07, 6.45) is 4.58. The second kappa shape index (κ2) is 14.4. The van der Waals surface area contributed by atoms with Gasteiger partial charge in [0, 0.05) is 48.6 Å². The van der Waals surface area contributed by atoms with Gasteiger partial charge in [-0.15, -0.1) is 0 Å². The number of amides is 1. The number of anilines is 2. The maximum Gasteiger partial charge on any atom is 0.410 e. The molecule has 0 aliphatic carbocycles. The number of hydrogen-bond acceptors (Lipinski definition) is 10. The fourth-order valence-electron chi connectivity index (χ4n) is 7.32. The van der Waals surface area contributed by atoms with Crippen LogP contribution in [-0.4, -0.2) is 89.3 Å². The van der Waals surface area contributed by atoms with Gasteiger partial charge >= 0.3 is 12.1 Å². The number of aryl methyl sites for hydroxylation is 1. The molecule has 3 aliphatic heterocycles. The van der Waals surface area contributed by atoms with Gasteiger partial charge in [0.05, 0.1) is 42.7 Å². The number of rotatable bonds is 8. The van der Waals surface area contributed by atoms with Crippen molar-refractivity contribution < 1.29 is 14.3 Å². The molecule has 1 amide bonds. The van der Waals surface area contributed by atoms with Crippen molar-refractivity contribution in [1.82, 2.24) is 24.8 Å². The fourth-order valence-corrected chi connectivity index (χ4v) is 7.53. The highest BCUT2D eigenvalue weighted by Gasteiger charge is 2.35. The Balaban J connectivity index is 1.17. The van der Waals surface area contributed by atoms with E-state index in [1.165, 1.54) is 0 Å². The normalized spacial score (nSPS) is 19.5. The Labute approximate surface area is 292 Å². The second-order valence-corrected chi connectivity index (χ2v) is 13.5. The largest absolute Gasteiger partial charge is 0.462 e. The Morgan fingerprint density at radius 2 is 1.90 bits per heavy atom. The first-order valence-corrected chi connectivity index (χ1v) is 17.4. The van der Waals surface area contributed by atoms with Gasteiger partial charge in [0.15, 0.2) is 0 Å². The Bertz CT molecular complexity index is 1870. The van der Waals surface area contributed by atoms with Crippen LogP contribution in [0.3, 0.4) is 0 Å². The number of halogens is 1. The molecular formula is C37H41ClN8O3. The lowest BCUT2D eigenvalue weighted by Gasteiger charge is -2.42. The van der Waals surface area contributed by atoms with E-state index < -0.39 is 6.09 Å². The summed E-state index contributed by atoms with van der Waals surface area (Å²) in [5.74, 6) is 0.815. The summed E-state index contributed by atoms with van der Waals surface area (Å²) in [6, 6.07) is 18.3. The number of hydrogen-bond donors (Lipinski definition) is 0. The van der Waals surface area contributed by atoms with Crippen LogP contribution < -0.4 is 14.5 Å². The van der Waals surface area contributed by atoms with Gasteiger partial charge in [0.2, 0.25) is 0 Å². The summed E-state index contributed by atoms with van der Waals surface area (Å²) in [5.41, 5.74) is 5.06. The van der Waals surface area contributed by atoms with Gasteiger partial charge in [-0.25, -0.2) is 9.78 Å². The number of nitriles is 1. The van der Waals surface area contributed by atoms with Crippen LogP contribution in [0.5, 0.6) is 6.01 Å². The fraction of sp³-hybridized carbons (Fsp3) is 0.432. The zero-order valence-corrected chi connectivity index (χ0v) is 28.8. The Morgan fingerprint density at radius 3 is 2.69 bits per heavy atom. The van der Waals surface area contributed by atoms with Crippen molar-refractivity contribution in [1.29, 1.82) is 5.26 Å². The Kier molecular flexibility index (Phi) is 9.69. The molecule has 0 radical (unpaired) electrons. The third-order valence-corrected chi connectivity index (χ3v) is 10.3. The van der Waals surface area contributed by atoms with Crippen LogP contribution in [0.1, 0.15) is 41.6 Å². The maximum absolute atomic E-state index is 13.2. The van der Waals surface area contributed by atoms with Crippen molar-refractivity contribution in [3.8, 4) is 12.1 Å². The highest BCUT2D eigenvalue weighted by Crippen LogP contribution is 2.37. The number of ether oxygens (including phenoxy) is 2. The number of pyridine rings is 1. The van der Waals surface area contributed by atoms with Crippen molar-refractivity contribution in [3.63, 3.8) is 0 Å². The van der Waals surface area contributed by atoms with E-state index in [9.17, 15) is 10.1 Å². The summed E-state index contributed by atoms with van der Waals surface area (Å²) in [4.78, 5) is 36.3. The maximum atomic E-state index is 13.2. The molecule has 0 saturated carbocycles. The van der Waals surface area contributed by atoms with Crippen LogP contribution in [0, 0.1) is 18.3 Å². The number of piperazine rings is 1. The van der Waals surface area contributed by atoms with Crippen LogP contribution >= 0.6 is 11.6 Å². The lowest BCUT2D eigenvalue weighted by atomic mass is 10.0. The molecule has 49 heavy (non-hydrogen) atoms. The predicted octanol–water partition coefficient (Wildman–Crippen LogP) is 5.76. The minimum Gasteiger partial charge on any atom is -0.462 e. The topological polar surface area (TPSA) is 111 Å². The number of aromatic nitrogens is 3. The molecule has 12 heteroatoms. The zero-order chi connectivity index (χ0) is 33.9. The average molecular weight is 681 g/mol. The highest BCUT2D eigenvalue weighted by atomic mass is 35.5. The number of fused-ring (bicyclic) bond motifs is 2. The van der Waals surface area contributed by atoms with E-state index in [4.69, 9.17) is 31.0 Å². The van der Waals surface area contributed by atoms with Crippen LogP contribution in [0.2, 0.25) is 5.15 Å². The molecule has 2 aromatic carbocycles. The van der Waals surface area contributed by atoms with Gasteiger partial charge in [-0.1, -0.05) is 60.1 Å². The minimum atomic E-state index is -0.409. The van der Waals surface area contributed by atoms with Crippen LogP contribution in [-0.2, 0) is 24.3 Å². The number of nitrogens with zero attached hydrogens (tertiary/aromatic N) is 8. The second-order valence-electron chi connectivity index (χ2n) is 13.1. The van der Waals surface area contributed by atoms with Gasteiger partial charge in [-0.2, -0.15) is 15.2 Å². The molecule has 3 aliphatic rings. The van der Waals surface area contributed by atoms with Crippen molar-refractivity contribution in [2.45, 2.75) is 57.8 Å². The van der Waals surface area contributed by atoms with Crippen molar-refractivity contribution in [3.05, 3.63) is 82.3 Å². The summed E-state index contributed by atoms with van der Waals surface area (Å²) in [5, 5.41) is 12.3. The first-order valence-electron chi connectivity index (χ1n) is 17.0. The molecule has 11 nitrogen and oxygen atoms in total. The van der Waals surface area contributed by atoms with E-state index in [1.807, 2.05) is 48.7 Å². The molecule has 4 aromatic rings. The average Bonchev–Trinajstić information content (AvgIpc) is 3.54. The van der Waals surface area contributed by atoms with Gasteiger partial charge in [-0.05, 0) is 50.9 Å². The molecular weight excluding hydrogens is 640 g/mol. The van der Waals surface area contributed by atoms with E-state index >= 15 is 0 Å². The minimum absolute atomic E-state index is 0.184. The highest BCUT2D eigenvalue weighted by molar-refractivity contribution is 6.34. The quantitative estimate of drug-likeness (QED) is 0.213. The third kappa shape index (κ3) is 6.94. The van der Waals surface area contributed by atoms with Crippen molar-refractivity contribution >= 4 is 40.0 Å². The zero-order valence-electron chi connectivity index (χ0n) is 28.0. The van der Waals surface area contributed by atoms with Crippen molar-refractivity contribution in [2.24, 2.45) is 0 Å². The molecule has 254 valence electrons. The lowest BCUT2D eigenvalue weighted by Crippen LogP contribution is -2.55. The number of likely N-dealkylation sites (N-methyl/N-ethyl adjacent to an activating group) is 1. The molecule has 5 heterocycles. The van der Waals surface area contributed by atoms with E-state index in [-0.39, 0.29) is 19.1 Å². The van der Waals surface area contributed by atoms with Crippen LogP contribution in [0.25, 0.3) is 10.8 Å². The Morgan fingerprint density at radius 1 is 1.04 bits per heavy atom. The molecule has 0 N–H and O–H groups in total. The molecule has 7 rings (SSSR count). The predicted molar refractivity (Wildman–Crippen MR) is 189 cm³/mol.